The molecule has 0 saturated heterocycles. The average Bonchev–Trinajstić information content (AvgIpc) is 2.42. The molecule has 1 aromatic carbocycles. The van der Waals surface area contributed by atoms with Crippen molar-refractivity contribution in [3.8, 4) is 0 Å². The highest BCUT2D eigenvalue weighted by Gasteiger charge is 2.13. The lowest BCUT2D eigenvalue weighted by Gasteiger charge is -2.08. The van der Waals surface area contributed by atoms with Crippen LogP contribution in [0.15, 0.2) is 39.5 Å². The summed E-state index contributed by atoms with van der Waals surface area (Å²) in [7, 11) is 4.11. The summed E-state index contributed by atoms with van der Waals surface area (Å²) in [5, 5.41) is 3.49. The lowest BCUT2D eigenvalue weighted by Crippen LogP contribution is -3.05. The number of quaternary nitrogens is 1. The number of carbonyl (C=O) groups excluding carboxylic acids is 1. The Bertz CT molecular complexity index is 661. The molecule has 2 aromatic rings. The second kappa shape index (κ2) is 6.34. The fraction of sp³-hybridized carbons (Fsp3) is 0.333. The Morgan fingerprint density at radius 1 is 1.30 bits per heavy atom. The third kappa shape index (κ3) is 3.45. The van der Waals surface area contributed by atoms with Gasteiger partial charge in [-0.1, -0.05) is 18.2 Å². The minimum atomic E-state index is -0.598. The number of benzene rings is 1. The zero-order chi connectivity index (χ0) is 14.5. The van der Waals surface area contributed by atoms with Gasteiger partial charge in [0, 0.05) is 18.4 Å². The third-order valence-electron chi connectivity index (χ3n) is 3.03. The molecule has 0 fully saturated rings. The molecule has 5 nitrogen and oxygen atoms in total. The monoisotopic (exact) mass is 275 g/mol. The smallest absolute Gasteiger partial charge is 0.349 e. The summed E-state index contributed by atoms with van der Waals surface area (Å²) in [5.74, 6) is -0.377. The Labute approximate surface area is 117 Å². The molecular formula is C15H19N2O3+. The second-order valence-corrected chi connectivity index (χ2v) is 5.05. The van der Waals surface area contributed by atoms with E-state index in [1.165, 1.54) is 4.90 Å². The van der Waals surface area contributed by atoms with Crippen LogP contribution in [-0.4, -0.2) is 33.1 Å². The van der Waals surface area contributed by atoms with Crippen molar-refractivity contribution in [1.82, 2.24) is 5.32 Å². The Hall–Kier alpha value is -2.14. The Kier molecular flexibility index (Phi) is 4.53. The minimum Gasteiger partial charge on any atom is -0.422 e. The van der Waals surface area contributed by atoms with E-state index in [0.29, 0.717) is 12.1 Å². The van der Waals surface area contributed by atoms with Crippen LogP contribution < -0.4 is 15.8 Å². The number of nitrogens with one attached hydrogen (secondary N) is 2. The summed E-state index contributed by atoms with van der Waals surface area (Å²) in [6.07, 6.45) is 0.868. The number of fused-ring (bicyclic) bond motifs is 1. The van der Waals surface area contributed by atoms with Crippen LogP contribution in [-0.2, 0) is 0 Å². The van der Waals surface area contributed by atoms with Crippen LogP contribution in [0.4, 0.5) is 0 Å². The lowest BCUT2D eigenvalue weighted by atomic mass is 10.2. The van der Waals surface area contributed by atoms with E-state index in [1.54, 1.807) is 18.2 Å². The van der Waals surface area contributed by atoms with E-state index >= 15 is 0 Å². The molecule has 0 aliphatic rings. The average molecular weight is 275 g/mol. The van der Waals surface area contributed by atoms with Crippen LogP contribution in [0.25, 0.3) is 11.0 Å². The third-order valence-corrected chi connectivity index (χ3v) is 3.03. The van der Waals surface area contributed by atoms with Crippen LogP contribution in [0.2, 0.25) is 0 Å². The molecule has 1 amide bonds. The molecule has 0 radical (unpaired) electrons. The first-order chi connectivity index (χ1) is 9.58. The molecule has 0 spiro atoms. The van der Waals surface area contributed by atoms with Crippen molar-refractivity contribution in [2.24, 2.45) is 0 Å². The van der Waals surface area contributed by atoms with Crippen LogP contribution in [0, 0.1) is 0 Å². The van der Waals surface area contributed by atoms with Crippen molar-refractivity contribution in [2.45, 2.75) is 6.42 Å². The summed E-state index contributed by atoms with van der Waals surface area (Å²) < 4.78 is 5.14. The SMILES string of the molecule is C[NH+](C)CCCNC(=O)c1cc2ccccc2oc1=O. The number of carbonyl (C=O) groups is 1. The first kappa shape index (κ1) is 14.3. The molecule has 0 saturated carbocycles. The lowest BCUT2D eigenvalue weighted by molar-refractivity contribution is -0.858. The predicted octanol–water partition coefficient (Wildman–Crippen LogP) is 0.0574. The second-order valence-electron chi connectivity index (χ2n) is 5.05. The number of rotatable bonds is 5. The Morgan fingerprint density at radius 3 is 2.80 bits per heavy atom. The fourth-order valence-corrected chi connectivity index (χ4v) is 1.96. The Balaban J connectivity index is 2.10. The van der Waals surface area contributed by atoms with Crippen molar-refractivity contribution in [3.63, 3.8) is 0 Å². The van der Waals surface area contributed by atoms with E-state index in [0.717, 1.165) is 18.4 Å². The van der Waals surface area contributed by atoms with Gasteiger partial charge in [0.05, 0.1) is 20.6 Å². The maximum atomic E-state index is 12.0. The van der Waals surface area contributed by atoms with Gasteiger partial charge in [-0.05, 0) is 12.1 Å². The van der Waals surface area contributed by atoms with Crippen molar-refractivity contribution in [1.29, 1.82) is 0 Å². The van der Waals surface area contributed by atoms with Crippen LogP contribution in [0.5, 0.6) is 0 Å². The van der Waals surface area contributed by atoms with Gasteiger partial charge in [0.1, 0.15) is 11.1 Å². The Morgan fingerprint density at radius 2 is 2.05 bits per heavy atom. The summed E-state index contributed by atoms with van der Waals surface area (Å²) in [6, 6.07) is 8.72. The van der Waals surface area contributed by atoms with Gasteiger partial charge in [0.2, 0.25) is 0 Å². The molecule has 0 atom stereocenters. The van der Waals surface area contributed by atoms with Gasteiger partial charge >= 0.3 is 5.63 Å². The number of hydrogen-bond acceptors (Lipinski definition) is 3. The topological polar surface area (TPSA) is 63.8 Å². The maximum Gasteiger partial charge on any atom is 0.349 e. The van der Waals surface area contributed by atoms with Crippen LogP contribution in [0.1, 0.15) is 16.8 Å². The van der Waals surface area contributed by atoms with Crippen molar-refractivity contribution in [3.05, 3.63) is 46.3 Å². The number of hydrogen-bond donors (Lipinski definition) is 2. The quantitative estimate of drug-likeness (QED) is 0.599. The molecule has 0 aliphatic heterocycles. The van der Waals surface area contributed by atoms with Gasteiger partial charge in [-0.2, -0.15) is 0 Å². The van der Waals surface area contributed by atoms with E-state index in [1.807, 2.05) is 12.1 Å². The van der Waals surface area contributed by atoms with Crippen molar-refractivity contribution in [2.75, 3.05) is 27.2 Å². The molecule has 5 heteroatoms. The largest absolute Gasteiger partial charge is 0.422 e. The van der Waals surface area contributed by atoms with Gasteiger partial charge < -0.3 is 14.6 Å². The molecule has 20 heavy (non-hydrogen) atoms. The normalized spacial score (nSPS) is 10.9. The standard InChI is InChI=1S/C15H18N2O3/c1-17(2)9-5-8-16-14(18)12-10-11-6-3-4-7-13(11)20-15(12)19/h3-4,6-7,10H,5,8-9H2,1-2H3,(H,16,18)/p+1. The highest BCUT2D eigenvalue weighted by molar-refractivity contribution is 5.96. The molecule has 1 aromatic heterocycles. The first-order valence-electron chi connectivity index (χ1n) is 6.68. The molecular weight excluding hydrogens is 256 g/mol. The van der Waals surface area contributed by atoms with Crippen molar-refractivity contribution >= 4 is 16.9 Å². The van der Waals surface area contributed by atoms with E-state index < -0.39 is 5.63 Å². The molecule has 0 unspecified atom stereocenters. The van der Waals surface area contributed by atoms with Gasteiger partial charge in [-0.25, -0.2) is 4.79 Å². The number of para-hydroxylation sites is 1. The fourth-order valence-electron chi connectivity index (χ4n) is 1.96. The summed E-state index contributed by atoms with van der Waals surface area (Å²) in [5.41, 5.74) is -0.0504. The highest BCUT2D eigenvalue weighted by Crippen LogP contribution is 2.12. The molecule has 0 bridgehead atoms. The predicted molar refractivity (Wildman–Crippen MR) is 77.1 cm³/mol. The van der Waals surface area contributed by atoms with Gasteiger partial charge in [0.15, 0.2) is 0 Å². The van der Waals surface area contributed by atoms with Gasteiger partial charge in [-0.15, -0.1) is 0 Å². The molecule has 2 N–H and O–H groups in total. The first-order valence-corrected chi connectivity index (χ1v) is 6.68. The van der Waals surface area contributed by atoms with E-state index in [4.69, 9.17) is 4.42 Å². The van der Waals surface area contributed by atoms with Crippen LogP contribution in [0.3, 0.4) is 0 Å². The minimum absolute atomic E-state index is 0.0564. The summed E-state index contributed by atoms with van der Waals surface area (Å²) in [4.78, 5) is 25.1. The molecule has 106 valence electrons. The summed E-state index contributed by atoms with van der Waals surface area (Å²) in [6.45, 7) is 1.52. The number of amides is 1. The van der Waals surface area contributed by atoms with E-state index in [9.17, 15) is 9.59 Å². The van der Waals surface area contributed by atoms with Gasteiger partial charge in [-0.3, -0.25) is 4.79 Å². The molecule has 0 aliphatic carbocycles. The molecule has 1 heterocycles. The maximum absolute atomic E-state index is 12.0. The van der Waals surface area contributed by atoms with E-state index in [-0.39, 0.29) is 11.5 Å². The highest BCUT2D eigenvalue weighted by atomic mass is 16.4. The van der Waals surface area contributed by atoms with E-state index in [2.05, 4.69) is 19.4 Å². The molecule has 2 rings (SSSR count). The van der Waals surface area contributed by atoms with Crippen molar-refractivity contribution < 1.29 is 14.1 Å². The van der Waals surface area contributed by atoms with Gasteiger partial charge in [0.25, 0.3) is 5.91 Å². The summed E-state index contributed by atoms with van der Waals surface area (Å²) >= 11 is 0. The zero-order valence-corrected chi connectivity index (χ0v) is 11.7. The zero-order valence-electron chi connectivity index (χ0n) is 11.7. The van der Waals surface area contributed by atoms with Crippen LogP contribution >= 0.6 is 0 Å².